The molecular formula is C12H16N4O3. The number of hydrogen-bond acceptors (Lipinski definition) is 5. The first-order chi connectivity index (χ1) is 9.01. The molecule has 0 atom stereocenters. The van der Waals surface area contributed by atoms with Gasteiger partial charge in [-0.2, -0.15) is 0 Å². The number of benzene rings is 1. The highest BCUT2D eigenvalue weighted by molar-refractivity contribution is 5.87. The fourth-order valence-corrected chi connectivity index (χ4v) is 1.65. The normalized spacial score (nSPS) is 10.6. The predicted molar refractivity (Wildman–Crippen MR) is 73.0 cm³/mol. The van der Waals surface area contributed by atoms with Crippen LogP contribution in [0.3, 0.4) is 0 Å². The number of fused-ring (bicyclic) bond motifs is 1. The second-order valence-electron chi connectivity index (χ2n) is 4.21. The van der Waals surface area contributed by atoms with Crippen molar-refractivity contribution in [3.8, 4) is 0 Å². The van der Waals surface area contributed by atoms with Crippen molar-refractivity contribution in [2.75, 3.05) is 31.2 Å². The van der Waals surface area contributed by atoms with Crippen molar-refractivity contribution in [1.82, 2.24) is 9.88 Å². The summed E-state index contributed by atoms with van der Waals surface area (Å²) in [7, 11) is 1.73. The van der Waals surface area contributed by atoms with E-state index in [2.05, 4.69) is 10.3 Å². The first-order valence-electron chi connectivity index (χ1n) is 5.91. The van der Waals surface area contributed by atoms with Crippen molar-refractivity contribution < 1.29 is 9.21 Å². The van der Waals surface area contributed by atoms with E-state index in [1.807, 2.05) is 6.92 Å². The van der Waals surface area contributed by atoms with Gasteiger partial charge in [0.25, 0.3) is 0 Å². The van der Waals surface area contributed by atoms with Crippen LogP contribution in [0.1, 0.15) is 6.92 Å². The van der Waals surface area contributed by atoms with Crippen molar-refractivity contribution in [3.63, 3.8) is 0 Å². The summed E-state index contributed by atoms with van der Waals surface area (Å²) in [4.78, 5) is 26.9. The number of anilines is 2. The predicted octanol–water partition coefficient (Wildman–Crippen LogP) is 0.593. The maximum atomic E-state index is 11.7. The van der Waals surface area contributed by atoms with E-state index in [1.165, 1.54) is 0 Å². The number of aromatic nitrogens is 1. The summed E-state index contributed by atoms with van der Waals surface area (Å²) in [6, 6.07) is 3.19. The average Bonchev–Trinajstić information content (AvgIpc) is 2.73. The Hall–Kier alpha value is -2.44. The Morgan fingerprint density at radius 3 is 2.95 bits per heavy atom. The number of rotatable bonds is 4. The Bertz CT molecular complexity index is 659. The van der Waals surface area contributed by atoms with Crippen molar-refractivity contribution in [2.24, 2.45) is 0 Å². The van der Waals surface area contributed by atoms with Crippen LogP contribution in [-0.4, -0.2) is 35.9 Å². The van der Waals surface area contributed by atoms with Gasteiger partial charge in [0, 0.05) is 19.7 Å². The van der Waals surface area contributed by atoms with Crippen LogP contribution in [0.25, 0.3) is 11.1 Å². The molecule has 1 aromatic carbocycles. The van der Waals surface area contributed by atoms with Gasteiger partial charge in [-0.25, -0.2) is 4.79 Å². The summed E-state index contributed by atoms with van der Waals surface area (Å²) in [6.45, 7) is 2.68. The molecule has 19 heavy (non-hydrogen) atoms. The number of H-pyrrole nitrogens is 1. The van der Waals surface area contributed by atoms with E-state index in [4.69, 9.17) is 10.2 Å². The maximum Gasteiger partial charge on any atom is 0.417 e. The topological polar surface area (TPSA) is 104 Å². The molecule has 1 aromatic heterocycles. The molecule has 102 valence electrons. The van der Waals surface area contributed by atoms with Gasteiger partial charge in [0.2, 0.25) is 5.91 Å². The Kier molecular flexibility index (Phi) is 3.46. The van der Waals surface area contributed by atoms with Crippen LogP contribution in [0.15, 0.2) is 21.3 Å². The van der Waals surface area contributed by atoms with Crippen LogP contribution in [0.4, 0.5) is 11.4 Å². The third kappa shape index (κ3) is 2.70. The van der Waals surface area contributed by atoms with Crippen LogP contribution in [0.5, 0.6) is 0 Å². The third-order valence-electron chi connectivity index (χ3n) is 2.92. The van der Waals surface area contributed by atoms with Gasteiger partial charge in [0.05, 0.1) is 23.4 Å². The molecule has 0 fully saturated rings. The average molecular weight is 264 g/mol. The lowest BCUT2D eigenvalue weighted by molar-refractivity contribution is -0.127. The molecule has 0 radical (unpaired) electrons. The number of nitrogens with two attached hydrogens (primary N) is 1. The highest BCUT2D eigenvalue weighted by Crippen LogP contribution is 2.24. The van der Waals surface area contributed by atoms with Crippen LogP contribution in [-0.2, 0) is 4.79 Å². The van der Waals surface area contributed by atoms with Crippen LogP contribution in [0, 0.1) is 0 Å². The highest BCUT2D eigenvalue weighted by atomic mass is 16.4. The molecule has 7 heteroatoms. The number of nitrogen functional groups attached to an aromatic ring is 1. The minimum Gasteiger partial charge on any atom is -0.408 e. The van der Waals surface area contributed by atoms with E-state index >= 15 is 0 Å². The minimum absolute atomic E-state index is 0.0392. The summed E-state index contributed by atoms with van der Waals surface area (Å²) in [5.74, 6) is -0.573. The number of carbonyl (C=O) groups is 1. The number of carbonyl (C=O) groups excluding carboxylic acids is 1. The molecule has 0 saturated carbocycles. The second-order valence-corrected chi connectivity index (χ2v) is 4.21. The highest BCUT2D eigenvalue weighted by Gasteiger charge is 2.10. The quantitative estimate of drug-likeness (QED) is 0.701. The van der Waals surface area contributed by atoms with Crippen LogP contribution < -0.4 is 16.8 Å². The van der Waals surface area contributed by atoms with Crippen molar-refractivity contribution in [3.05, 3.63) is 22.7 Å². The monoisotopic (exact) mass is 264 g/mol. The summed E-state index contributed by atoms with van der Waals surface area (Å²) in [5, 5.41) is 2.95. The van der Waals surface area contributed by atoms with Crippen LogP contribution >= 0.6 is 0 Å². The summed E-state index contributed by atoms with van der Waals surface area (Å²) >= 11 is 0. The number of amides is 1. The first kappa shape index (κ1) is 13.0. The first-order valence-corrected chi connectivity index (χ1v) is 5.91. The van der Waals surface area contributed by atoms with E-state index in [1.54, 1.807) is 24.1 Å². The Balaban J connectivity index is 2.18. The smallest absolute Gasteiger partial charge is 0.408 e. The van der Waals surface area contributed by atoms with E-state index in [0.29, 0.717) is 29.0 Å². The Morgan fingerprint density at radius 2 is 2.26 bits per heavy atom. The lowest BCUT2D eigenvalue weighted by Gasteiger charge is -2.15. The largest absolute Gasteiger partial charge is 0.417 e. The van der Waals surface area contributed by atoms with Gasteiger partial charge in [-0.05, 0) is 13.0 Å². The number of likely N-dealkylation sites (N-methyl/N-ethyl adjacent to an activating group) is 1. The molecular weight excluding hydrogens is 248 g/mol. The molecule has 0 aliphatic carbocycles. The molecule has 2 rings (SSSR count). The van der Waals surface area contributed by atoms with Gasteiger partial charge < -0.3 is 20.4 Å². The number of aromatic amines is 1. The maximum absolute atomic E-state index is 11.7. The number of nitrogens with one attached hydrogen (secondary N) is 2. The molecule has 7 nitrogen and oxygen atoms in total. The molecule has 0 saturated heterocycles. The van der Waals surface area contributed by atoms with E-state index in [-0.39, 0.29) is 12.5 Å². The fraction of sp³-hybridized carbons (Fsp3) is 0.333. The van der Waals surface area contributed by atoms with Gasteiger partial charge in [-0.1, -0.05) is 0 Å². The SMILES string of the molecule is CCN(C)C(=O)CNc1cc2[nH]c(=O)oc2cc1N. The van der Waals surface area contributed by atoms with Gasteiger partial charge in [0.15, 0.2) is 5.58 Å². The van der Waals surface area contributed by atoms with Crippen molar-refractivity contribution in [2.45, 2.75) is 6.92 Å². The zero-order chi connectivity index (χ0) is 14.0. The molecule has 0 unspecified atom stereocenters. The molecule has 4 N–H and O–H groups in total. The summed E-state index contributed by atoms with van der Waals surface area (Å²) < 4.78 is 4.89. The van der Waals surface area contributed by atoms with Crippen molar-refractivity contribution in [1.29, 1.82) is 0 Å². The summed E-state index contributed by atoms with van der Waals surface area (Å²) in [5.41, 5.74) is 7.77. The lowest BCUT2D eigenvalue weighted by Crippen LogP contribution is -2.32. The molecule has 0 aliphatic heterocycles. The standard InChI is InChI=1S/C12H16N4O3/c1-3-16(2)11(17)6-14-8-5-9-10(4-7(8)13)19-12(18)15-9/h4-5,14H,3,6,13H2,1-2H3,(H,15,18). The third-order valence-corrected chi connectivity index (χ3v) is 2.92. The number of hydrogen-bond donors (Lipinski definition) is 3. The fourth-order valence-electron chi connectivity index (χ4n) is 1.65. The zero-order valence-electron chi connectivity index (χ0n) is 10.8. The Morgan fingerprint density at radius 1 is 1.53 bits per heavy atom. The van der Waals surface area contributed by atoms with Gasteiger partial charge in [-0.3, -0.25) is 9.78 Å². The number of nitrogens with zero attached hydrogens (tertiary/aromatic N) is 1. The molecule has 2 aromatic rings. The van der Waals surface area contributed by atoms with Gasteiger partial charge in [-0.15, -0.1) is 0 Å². The van der Waals surface area contributed by atoms with E-state index in [9.17, 15) is 9.59 Å². The van der Waals surface area contributed by atoms with Gasteiger partial charge in [0.1, 0.15) is 0 Å². The molecule has 1 amide bonds. The van der Waals surface area contributed by atoms with E-state index < -0.39 is 5.76 Å². The van der Waals surface area contributed by atoms with Crippen LogP contribution in [0.2, 0.25) is 0 Å². The minimum atomic E-state index is -0.534. The van der Waals surface area contributed by atoms with Gasteiger partial charge >= 0.3 is 5.76 Å². The summed E-state index contributed by atoms with van der Waals surface area (Å²) in [6.07, 6.45) is 0. The molecule has 1 heterocycles. The van der Waals surface area contributed by atoms with E-state index in [0.717, 1.165) is 0 Å². The van der Waals surface area contributed by atoms with Crippen molar-refractivity contribution >= 4 is 28.4 Å². The second kappa shape index (κ2) is 5.05. The lowest BCUT2D eigenvalue weighted by atomic mass is 10.2. The Labute approximate surface area is 109 Å². The number of oxazole rings is 1. The zero-order valence-corrected chi connectivity index (χ0v) is 10.8. The molecule has 0 bridgehead atoms. The molecule has 0 aliphatic rings. The molecule has 0 spiro atoms.